The number of hydrogen-bond donors (Lipinski definition) is 0. The summed E-state index contributed by atoms with van der Waals surface area (Å²) in [4.78, 5) is 22.0. The highest BCUT2D eigenvalue weighted by molar-refractivity contribution is 5.98. The fraction of sp³-hybridized carbons (Fsp3) is 0.167. The van der Waals surface area contributed by atoms with Gasteiger partial charge < -0.3 is 4.74 Å². The minimum atomic E-state index is -0.558. The van der Waals surface area contributed by atoms with E-state index in [1.807, 2.05) is 0 Å². The first-order valence-electron chi connectivity index (χ1n) is 5.45. The Balaban J connectivity index is 2.18. The van der Waals surface area contributed by atoms with Crippen molar-refractivity contribution in [2.24, 2.45) is 0 Å². The Hall–Kier alpha value is -2.70. The molecule has 0 radical (unpaired) electrons. The van der Waals surface area contributed by atoms with Crippen LogP contribution in [0.3, 0.4) is 0 Å². The molecule has 0 bridgehead atoms. The lowest BCUT2D eigenvalue weighted by atomic mass is 10.1. The predicted molar refractivity (Wildman–Crippen MR) is 66.2 cm³/mol. The SMILES string of the molecule is COc1ccccc1C(=O)Cn1cc([N+](=O)[O-])cn1. The van der Waals surface area contributed by atoms with Gasteiger partial charge in [-0.05, 0) is 12.1 Å². The first-order valence-corrected chi connectivity index (χ1v) is 5.45. The van der Waals surface area contributed by atoms with E-state index < -0.39 is 4.92 Å². The fourth-order valence-electron chi connectivity index (χ4n) is 1.64. The third-order valence-corrected chi connectivity index (χ3v) is 2.54. The van der Waals surface area contributed by atoms with Gasteiger partial charge in [-0.25, -0.2) is 0 Å². The molecule has 0 amide bonds. The van der Waals surface area contributed by atoms with E-state index in [4.69, 9.17) is 4.74 Å². The molecule has 0 aliphatic heterocycles. The topological polar surface area (TPSA) is 87.3 Å². The van der Waals surface area contributed by atoms with Crippen molar-refractivity contribution >= 4 is 11.5 Å². The van der Waals surface area contributed by atoms with Crippen LogP contribution in [0, 0.1) is 10.1 Å². The van der Waals surface area contributed by atoms with Gasteiger partial charge in [0, 0.05) is 0 Å². The van der Waals surface area contributed by atoms with Crippen LogP contribution >= 0.6 is 0 Å². The van der Waals surface area contributed by atoms with Gasteiger partial charge in [0.25, 0.3) is 0 Å². The van der Waals surface area contributed by atoms with Crippen LogP contribution in [0.4, 0.5) is 5.69 Å². The van der Waals surface area contributed by atoms with Crippen LogP contribution < -0.4 is 4.74 Å². The highest BCUT2D eigenvalue weighted by Crippen LogP contribution is 2.18. The zero-order valence-electron chi connectivity index (χ0n) is 10.1. The number of hydrogen-bond acceptors (Lipinski definition) is 5. The lowest BCUT2D eigenvalue weighted by Gasteiger charge is -2.06. The Bertz CT molecular complexity index is 621. The van der Waals surface area contributed by atoms with Crippen molar-refractivity contribution in [1.82, 2.24) is 9.78 Å². The average Bonchev–Trinajstić information content (AvgIpc) is 2.87. The molecule has 0 aliphatic rings. The standard InChI is InChI=1S/C12H11N3O4/c1-19-12-5-3-2-4-10(12)11(16)8-14-7-9(6-13-14)15(17)18/h2-7H,8H2,1H3. The molecule has 0 saturated carbocycles. The molecule has 0 unspecified atom stereocenters. The Morgan fingerprint density at radius 2 is 2.21 bits per heavy atom. The van der Waals surface area contributed by atoms with Gasteiger partial charge in [0.15, 0.2) is 5.78 Å². The second-order valence-electron chi connectivity index (χ2n) is 3.78. The number of carbonyl (C=O) groups is 1. The third kappa shape index (κ3) is 2.76. The van der Waals surface area contributed by atoms with E-state index in [1.54, 1.807) is 24.3 Å². The van der Waals surface area contributed by atoms with Crippen molar-refractivity contribution in [3.8, 4) is 5.75 Å². The Morgan fingerprint density at radius 3 is 2.84 bits per heavy atom. The van der Waals surface area contributed by atoms with E-state index in [-0.39, 0.29) is 18.0 Å². The molecule has 7 nitrogen and oxygen atoms in total. The van der Waals surface area contributed by atoms with Crippen LogP contribution in [-0.4, -0.2) is 27.6 Å². The van der Waals surface area contributed by atoms with E-state index >= 15 is 0 Å². The second-order valence-corrected chi connectivity index (χ2v) is 3.78. The van der Waals surface area contributed by atoms with Crippen molar-refractivity contribution in [2.75, 3.05) is 7.11 Å². The van der Waals surface area contributed by atoms with Gasteiger partial charge in [0.1, 0.15) is 24.7 Å². The maximum absolute atomic E-state index is 12.1. The van der Waals surface area contributed by atoms with Gasteiger partial charge in [-0.3, -0.25) is 19.6 Å². The van der Waals surface area contributed by atoms with Crippen LogP contribution in [0.5, 0.6) is 5.75 Å². The molecule has 2 rings (SSSR count). The summed E-state index contributed by atoms with van der Waals surface area (Å²) in [5.74, 6) is 0.240. The maximum Gasteiger partial charge on any atom is 0.307 e. The zero-order valence-corrected chi connectivity index (χ0v) is 10.1. The number of rotatable bonds is 5. The molecule has 2 aromatic rings. The monoisotopic (exact) mass is 261 g/mol. The van der Waals surface area contributed by atoms with E-state index in [0.717, 1.165) is 6.20 Å². The zero-order chi connectivity index (χ0) is 13.8. The van der Waals surface area contributed by atoms with Crippen LogP contribution in [0.1, 0.15) is 10.4 Å². The number of ether oxygens (including phenoxy) is 1. The first kappa shape index (κ1) is 12.7. The highest BCUT2D eigenvalue weighted by atomic mass is 16.6. The number of nitro groups is 1. The summed E-state index contributed by atoms with van der Waals surface area (Å²) in [6.07, 6.45) is 2.32. The number of Topliss-reactive ketones (excluding diaryl/α,β-unsaturated/α-hetero) is 1. The molecule has 0 saturated heterocycles. The minimum absolute atomic E-state index is 0.0752. The average molecular weight is 261 g/mol. The molecule has 0 aliphatic carbocycles. The van der Waals surface area contributed by atoms with Gasteiger partial charge in [-0.1, -0.05) is 12.1 Å². The number of benzene rings is 1. The van der Waals surface area contributed by atoms with Gasteiger partial charge in [0.05, 0.1) is 17.6 Å². The smallest absolute Gasteiger partial charge is 0.307 e. The van der Waals surface area contributed by atoms with E-state index in [1.165, 1.54) is 18.0 Å². The third-order valence-electron chi connectivity index (χ3n) is 2.54. The molecule has 19 heavy (non-hydrogen) atoms. The number of ketones is 1. The summed E-state index contributed by atoms with van der Waals surface area (Å²) in [5.41, 5.74) is 0.274. The number of nitrogens with zero attached hydrogens (tertiary/aromatic N) is 3. The van der Waals surface area contributed by atoms with Gasteiger partial charge in [-0.15, -0.1) is 0 Å². The lowest BCUT2D eigenvalue weighted by molar-refractivity contribution is -0.385. The van der Waals surface area contributed by atoms with E-state index in [2.05, 4.69) is 5.10 Å². The first-order chi connectivity index (χ1) is 9.11. The van der Waals surface area contributed by atoms with E-state index in [9.17, 15) is 14.9 Å². The summed E-state index contributed by atoms with van der Waals surface area (Å²) in [5, 5.41) is 14.3. The van der Waals surface area contributed by atoms with Crippen molar-refractivity contribution < 1.29 is 14.5 Å². The summed E-state index contributed by atoms with van der Waals surface area (Å²) in [7, 11) is 1.48. The molecule has 98 valence electrons. The molecular weight excluding hydrogens is 250 g/mol. The largest absolute Gasteiger partial charge is 0.496 e. The number of aromatic nitrogens is 2. The number of methoxy groups -OCH3 is 1. The highest BCUT2D eigenvalue weighted by Gasteiger charge is 2.15. The number of para-hydroxylation sites is 1. The molecule has 1 heterocycles. The van der Waals surface area contributed by atoms with Gasteiger partial charge in [0.2, 0.25) is 0 Å². The molecule has 1 aromatic heterocycles. The Labute approximate surface area is 108 Å². The van der Waals surface area contributed by atoms with Crippen LogP contribution in [0.15, 0.2) is 36.7 Å². The van der Waals surface area contributed by atoms with Gasteiger partial charge >= 0.3 is 5.69 Å². The lowest BCUT2D eigenvalue weighted by Crippen LogP contribution is -2.11. The maximum atomic E-state index is 12.1. The van der Waals surface area contributed by atoms with Gasteiger partial charge in [-0.2, -0.15) is 5.10 Å². The quantitative estimate of drug-likeness (QED) is 0.464. The summed E-state index contributed by atoms with van der Waals surface area (Å²) >= 11 is 0. The second kappa shape index (κ2) is 5.30. The molecule has 0 N–H and O–H groups in total. The minimum Gasteiger partial charge on any atom is -0.496 e. The normalized spacial score (nSPS) is 10.2. The molecule has 7 heteroatoms. The van der Waals surface area contributed by atoms with E-state index in [0.29, 0.717) is 11.3 Å². The van der Waals surface area contributed by atoms with Crippen molar-refractivity contribution in [3.63, 3.8) is 0 Å². The predicted octanol–water partition coefficient (Wildman–Crippen LogP) is 1.68. The summed E-state index contributed by atoms with van der Waals surface area (Å²) < 4.78 is 6.32. The van der Waals surface area contributed by atoms with Crippen LogP contribution in [0.25, 0.3) is 0 Å². The summed E-state index contributed by atoms with van der Waals surface area (Å²) in [6, 6.07) is 6.80. The van der Waals surface area contributed by atoms with Crippen molar-refractivity contribution in [3.05, 3.63) is 52.3 Å². The number of carbonyl (C=O) groups excluding carboxylic acids is 1. The van der Waals surface area contributed by atoms with Crippen molar-refractivity contribution in [2.45, 2.75) is 6.54 Å². The molecule has 1 aromatic carbocycles. The molecule has 0 atom stereocenters. The van der Waals surface area contributed by atoms with Crippen molar-refractivity contribution in [1.29, 1.82) is 0 Å². The Morgan fingerprint density at radius 1 is 1.47 bits per heavy atom. The van der Waals surface area contributed by atoms with Crippen LogP contribution in [-0.2, 0) is 6.54 Å². The molecule has 0 fully saturated rings. The Kier molecular flexibility index (Phi) is 3.56. The molecular formula is C12H11N3O4. The fourth-order valence-corrected chi connectivity index (χ4v) is 1.64. The van der Waals surface area contributed by atoms with Crippen LogP contribution in [0.2, 0.25) is 0 Å². The molecule has 0 spiro atoms. The summed E-state index contributed by atoms with van der Waals surface area (Å²) in [6.45, 7) is -0.0752.